The van der Waals surface area contributed by atoms with Gasteiger partial charge in [-0.2, -0.15) is 5.26 Å². The molecule has 0 aliphatic carbocycles. The molecule has 0 spiro atoms. The van der Waals surface area contributed by atoms with Crippen LogP contribution in [0.1, 0.15) is 36.8 Å². The minimum atomic E-state index is -0.644. The zero-order valence-electron chi connectivity index (χ0n) is 25.9. The first-order chi connectivity index (χ1) is 22.0. The van der Waals surface area contributed by atoms with Gasteiger partial charge in [0.25, 0.3) is 0 Å². The molecular weight excluding hydrogens is 556 g/mol. The molecule has 2 fully saturated rings. The lowest BCUT2D eigenvalue weighted by molar-refractivity contribution is -0.123. The van der Waals surface area contributed by atoms with Crippen molar-refractivity contribution in [3.63, 3.8) is 0 Å². The zero-order valence-corrected chi connectivity index (χ0v) is 25.9. The van der Waals surface area contributed by atoms with Crippen LogP contribution in [-0.4, -0.2) is 53.0 Å². The summed E-state index contributed by atoms with van der Waals surface area (Å²) in [5, 5.41) is 16.5. The fourth-order valence-electron chi connectivity index (χ4n) is 6.16. The molecule has 0 unspecified atom stereocenters. The number of likely N-dealkylation sites (tertiary alicyclic amines) is 2. The largest absolute Gasteiger partial charge is 0.371 e. The van der Waals surface area contributed by atoms with E-state index in [4.69, 9.17) is 5.73 Å². The molecule has 2 heterocycles. The highest BCUT2D eigenvalue weighted by Crippen LogP contribution is 2.29. The topological polar surface area (TPSA) is 97.4 Å². The molecule has 0 radical (unpaired) electrons. The van der Waals surface area contributed by atoms with Crippen molar-refractivity contribution in [2.45, 2.75) is 49.9 Å². The lowest BCUT2D eigenvalue weighted by Gasteiger charge is -2.40. The first-order valence-electron chi connectivity index (χ1n) is 15.9. The van der Waals surface area contributed by atoms with Crippen LogP contribution >= 0.6 is 0 Å². The number of carbonyl (C=O) groups excluding carboxylic acids is 1. The first kappa shape index (κ1) is 31.8. The Labute approximate surface area is 267 Å². The lowest BCUT2D eigenvalue weighted by Crippen LogP contribution is -2.56. The van der Waals surface area contributed by atoms with Crippen molar-refractivity contribution in [1.82, 2.24) is 9.80 Å². The summed E-state index contributed by atoms with van der Waals surface area (Å²) >= 11 is 0. The van der Waals surface area contributed by atoms with Crippen LogP contribution in [0.3, 0.4) is 0 Å². The highest BCUT2D eigenvalue weighted by atomic mass is 16.1. The number of primary amides is 1. The number of para-hydroxylation sites is 2. The second kappa shape index (κ2) is 15.4. The number of hydrogen-bond acceptors (Lipinski definition) is 6. The Balaban J connectivity index is 0.000000178. The second-order valence-corrected chi connectivity index (χ2v) is 12.1. The van der Waals surface area contributed by atoms with Gasteiger partial charge in [-0.1, -0.05) is 97.1 Å². The van der Waals surface area contributed by atoms with Crippen LogP contribution < -0.4 is 16.4 Å². The third-order valence-electron chi connectivity index (χ3n) is 8.92. The smallest absolute Gasteiger partial charge is 0.243 e. The van der Waals surface area contributed by atoms with Gasteiger partial charge in [-0.05, 0) is 61.1 Å². The van der Waals surface area contributed by atoms with Crippen molar-refractivity contribution in [2.75, 3.05) is 36.8 Å². The molecule has 0 saturated carbocycles. The van der Waals surface area contributed by atoms with E-state index in [2.05, 4.69) is 75.0 Å². The Kier molecular flexibility index (Phi) is 10.9. The van der Waals surface area contributed by atoms with Gasteiger partial charge in [0.2, 0.25) is 5.91 Å². The van der Waals surface area contributed by atoms with Gasteiger partial charge in [-0.15, -0.1) is 0 Å². The van der Waals surface area contributed by atoms with E-state index in [0.29, 0.717) is 0 Å². The number of amides is 1. The molecule has 4 aromatic carbocycles. The van der Waals surface area contributed by atoms with Crippen molar-refractivity contribution < 1.29 is 4.79 Å². The summed E-state index contributed by atoms with van der Waals surface area (Å²) in [6, 6.07) is 43.3. The summed E-state index contributed by atoms with van der Waals surface area (Å²) in [5.41, 5.74) is 9.26. The molecule has 7 nitrogen and oxygen atoms in total. The number of benzene rings is 4. The molecule has 2 saturated heterocycles. The molecule has 0 atom stereocenters. The highest BCUT2D eigenvalue weighted by Gasteiger charge is 2.40. The average Bonchev–Trinajstić information content (AvgIpc) is 3.09. The number of nitrogens with one attached hydrogen (secondary N) is 2. The predicted molar refractivity (Wildman–Crippen MR) is 182 cm³/mol. The standard InChI is InChI=1S/C19H23N3O.C19H21N3/c20-18(23)19(21-17-9-5-2-6-10-17)11-13-22(14-12-19)15-16-7-3-1-4-8-16;20-16-19(21-18-9-5-2-6-10-18)11-13-22(14-12-19)15-17-7-3-1-4-8-17/h1-10,21H,11-15H2,(H2,20,23);1-10,21H,11-15H2. The van der Waals surface area contributed by atoms with E-state index in [1.54, 1.807) is 0 Å². The van der Waals surface area contributed by atoms with Crippen LogP contribution in [0.2, 0.25) is 0 Å². The number of carbonyl (C=O) groups is 1. The maximum absolute atomic E-state index is 12.1. The van der Waals surface area contributed by atoms with E-state index >= 15 is 0 Å². The monoisotopic (exact) mass is 600 g/mol. The summed E-state index contributed by atoms with van der Waals surface area (Å²) in [6.45, 7) is 5.49. The molecule has 0 aromatic heterocycles. The molecule has 45 heavy (non-hydrogen) atoms. The van der Waals surface area contributed by atoms with E-state index in [9.17, 15) is 10.1 Å². The number of hydrogen-bond donors (Lipinski definition) is 3. The maximum Gasteiger partial charge on any atom is 0.243 e. The molecule has 1 amide bonds. The number of rotatable bonds is 9. The maximum atomic E-state index is 12.1. The Morgan fingerprint density at radius 3 is 1.40 bits per heavy atom. The van der Waals surface area contributed by atoms with Gasteiger partial charge in [0.1, 0.15) is 11.1 Å². The van der Waals surface area contributed by atoms with Crippen LogP contribution in [-0.2, 0) is 17.9 Å². The summed E-state index contributed by atoms with van der Waals surface area (Å²) in [6.07, 6.45) is 3.16. The van der Waals surface area contributed by atoms with Gasteiger partial charge in [0, 0.05) is 50.6 Å². The molecule has 2 aliphatic rings. The van der Waals surface area contributed by atoms with Crippen molar-refractivity contribution in [2.24, 2.45) is 5.73 Å². The number of piperidine rings is 2. The van der Waals surface area contributed by atoms with Crippen LogP contribution in [0.15, 0.2) is 121 Å². The number of nitriles is 1. The quantitative estimate of drug-likeness (QED) is 0.209. The highest BCUT2D eigenvalue weighted by molar-refractivity contribution is 5.88. The third kappa shape index (κ3) is 8.95. The fraction of sp³-hybridized carbons (Fsp3) is 0.316. The molecule has 4 aromatic rings. The summed E-state index contributed by atoms with van der Waals surface area (Å²) in [7, 11) is 0. The van der Waals surface area contributed by atoms with Gasteiger partial charge in [-0.3, -0.25) is 14.6 Å². The van der Waals surface area contributed by atoms with Crippen LogP contribution in [0.5, 0.6) is 0 Å². The molecule has 6 rings (SSSR count). The van der Waals surface area contributed by atoms with Crippen molar-refractivity contribution in [1.29, 1.82) is 5.26 Å². The van der Waals surface area contributed by atoms with E-state index in [1.807, 2.05) is 72.8 Å². The molecular formula is C38H44N6O. The van der Waals surface area contributed by atoms with Gasteiger partial charge >= 0.3 is 0 Å². The van der Waals surface area contributed by atoms with Crippen LogP contribution in [0, 0.1) is 11.3 Å². The van der Waals surface area contributed by atoms with Gasteiger partial charge in [-0.25, -0.2) is 0 Å². The average molecular weight is 601 g/mol. The second-order valence-electron chi connectivity index (χ2n) is 12.1. The Hall–Kier alpha value is -4.64. The Bertz CT molecular complexity index is 1490. The summed E-state index contributed by atoms with van der Waals surface area (Å²) in [4.78, 5) is 16.9. The van der Waals surface area contributed by atoms with Gasteiger partial charge < -0.3 is 16.4 Å². The molecule has 0 bridgehead atoms. The summed E-state index contributed by atoms with van der Waals surface area (Å²) in [5.74, 6) is -0.263. The molecule has 7 heteroatoms. The molecule has 4 N–H and O–H groups in total. The minimum Gasteiger partial charge on any atom is -0.371 e. The lowest BCUT2D eigenvalue weighted by atomic mass is 9.86. The molecule has 2 aliphatic heterocycles. The van der Waals surface area contributed by atoms with Gasteiger partial charge in [0.15, 0.2) is 0 Å². The van der Waals surface area contributed by atoms with Gasteiger partial charge in [0.05, 0.1) is 6.07 Å². The Morgan fingerprint density at radius 2 is 1.00 bits per heavy atom. The molecule has 232 valence electrons. The van der Waals surface area contributed by atoms with E-state index in [1.165, 1.54) is 11.1 Å². The predicted octanol–water partition coefficient (Wildman–Crippen LogP) is 6.28. The third-order valence-corrected chi connectivity index (χ3v) is 8.92. The number of anilines is 2. The van der Waals surface area contributed by atoms with Crippen molar-refractivity contribution in [3.8, 4) is 6.07 Å². The Morgan fingerprint density at radius 1 is 0.622 bits per heavy atom. The minimum absolute atomic E-state index is 0.263. The fourth-order valence-corrected chi connectivity index (χ4v) is 6.16. The van der Waals surface area contributed by atoms with Crippen molar-refractivity contribution in [3.05, 3.63) is 132 Å². The van der Waals surface area contributed by atoms with E-state index in [-0.39, 0.29) is 5.91 Å². The van der Waals surface area contributed by atoms with E-state index < -0.39 is 11.1 Å². The zero-order chi connectivity index (χ0) is 31.4. The van der Waals surface area contributed by atoms with Crippen LogP contribution in [0.25, 0.3) is 0 Å². The number of nitrogens with two attached hydrogens (primary N) is 1. The summed E-state index contributed by atoms with van der Waals surface area (Å²) < 4.78 is 0. The van der Waals surface area contributed by atoms with E-state index in [0.717, 1.165) is 76.3 Å². The first-order valence-corrected chi connectivity index (χ1v) is 15.9. The normalized spacial score (nSPS) is 17.6. The SMILES string of the molecule is N#CC1(Nc2ccccc2)CCN(Cc2ccccc2)CC1.NC(=O)C1(Nc2ccccc2)CCN(Cc2ccccc2)CC1. The van der Waals surface area contributed by atoms with Crippen LogP contribution in [0.4, 0.5) is 11.4 Å². The van der Waals surface area contributed by atoms with Crippen molar-refractivity contribution >= 4 is 17.3 Å². The number of nitrogens with zero attached hydrogens (tertiary/aromatic N) is 3.